The highest BCUT2D eigenvalue weighted by Gasteiger charge is 2.29. The van der Waals surface area contributed by atoms with Gasteiger partial charge in [0, 0.05) is 0 Å². The van der Waals surface area contributed by atoms with Crippen molar-refractivity contribution in [2.24, 2.45) is 23.7 Å². The predicted octanol–water partition coefficient (Wildman–Crippen LogP) is 3.75. The van der Waals surface area contributed by atoms with Gasteiger partial charge in [0.15, 0.2) is 0 Å². The predicted molar refractivity (Wildman–Crippen MR) is 77.4 cm³/mol. The third-order valence-electron chi connectivity index (χ3n) is 3.26. The van der Waals surface area contributed by atoms with E-state index in [1.165, 1.54) is 0 Å². The van der Waals surface area contributed by atoms with Crippen LogP contribution in [-0.2, 0) is 14.3 Å². The van der Waals surface area contributed by atoms with Crippen LogP contribution in [0, 0.1) is 23.7 Å². The smallest absolute Gasteiger partial charge is 0.317 e. The molecule has 0 saturated heterocycles. The first-order chi connectivity index (χ1) is 8.84. The van der Waals surface area contributed by atoms with Crippen molar-refractivity contribution >= 4 is 11.9 Å². The van der Waals surface area contributed by atoms with E-state index in [2.05, 4.69) is 13.2 Å². The van der Waals surface area contributed by atoms with Crippen LogP contribution in [0.1, 0.15) is 40.5 Å². The van der Waals surface area contributed by atoms with Crippen LogP contribution in [0.15, 0.2) is 25.3 Å². The lowest BCUT2D eigenvalue weighted by Gasteiger charge is -2.21. The second-order valence-electron chi connectivity index (χ2n) is 5.49. The van der Waals surface area contributed by atoms with Gasteiger partial charge >= 0.3 is 11.9 Å². The zero-order valence-electron chi connectivity index (χ0n) is 12.5. The molecular weight excluding hydrogens is 240 g/mol. The molecule has 0 spiro atoms. The molecule has 0 fully saturated rings. The van der Waals surface area contributed by atoms with Crippen molar-refractivity contribution in [2.75, 3.05) is 0 Å². The topological polar surface area (TPSA) is 43.4 Å². The van der Waals surface area contributed by atoms with E-state index in [4.69, 9.17) is 4.74 Å². The van der Waals surface area contributed by atoms with E-state index in [0.29, 0.717) is 12.8 Å². The Morgan fingerprint density at radius 3 is 1.42 bits per heavy atom. The third-order valence-corrected chi connectivity index (χ3v) is 3.26. The van der Waals surface area contributed by atoms with E-state index in [-0.39, 0.29) is 23.7 Å². The highest BCUT2D eigenvalue weighted by atomic mass is 16.6. The second kappa shape index (κ2) is 8.68. The highest BCUT2D eigenvalue weighted by molar-refractivity contribution is 5.88. The number of carbonyl (C=O) groups excluding carboxylic acids is 2. The molecule has 0 bridgehead atoms. The summed E-state index contributed by atoms with van der Waals surface area (Å²) in [5.74, 6) is -1.27. The minimum atomic E-state index is -0.449. The normalized spacial score (nSPS) is 14.0. The standard InChI is InChI=1S/C16H26O3/c1-7-9-13(11(3)4)15(17)19-16(18)14(10-8-2)12(5)6/h7-8,11-14H,1-2,9-10H2,3-6H3/t13-,14+. The largest absolute Gasteiger partial charge is 0.393 e. The van der Waals surface area contributed by atoms with Crippen molar-refractivity contribution in [1.82, 2.24) is 0 Å². The Labute approximate surface area is 116 Å². The summed E-state index contributed by atoms with van der Waals surface area (Å²) in [5, 5.41) is 0. The second-order valence-corrected chi connectivity index (χ2v) is 5.49. The van der Waals surface area contributed by atoms with Crippen molar-refractivity contribution in [3.05, 3.63) is 25.3 Å². The van der Waals surface area contributed by atoms with Crippen LogP contribution in [0.4, 0.5) is 0 Å². The summed E-state index contributed by atoms with van der Waals surface area (Å²) >= 11 is 0. The maximum Gasteiger partial charge on any atom is 0.317 e. The summed E-state index contributed by atoms with van der Waals surface area (Å²) < 4.78 is 5.03. The fourth-order valence-corrected chi connectivity index (χ4v) is 1.89. The molecule has 0 aliphatic carbocycles. The molecule has 2 atom stereocenters. The van der Waals surface area contributed by atoms with E-state index < -0.39 is 11.9 Å². The summed E-state index contributed by atoms with van der Waals surface area (Å²) in [6, 6.07) is 0. The Kier molecular flexibility index (Phi) is 8.05. The van der Waals surface area contributed by atoms with Gasteiger partial charge in [0.1, 0.15) is 0 Å². The van der Waals surface area contributed by atoms with Crippen molar-refractivity contribution in [1.29, 1.82) is 0 Å². The molecule has 19 heavy (non-hydrogen) atoms. The average molecular weight is 266 g/mol. The first-order valence-electron chi connectivity index (χ1n) is 6.82. The number of hydrogen-bond acceptors (Lipinski definition) is 3. The van der Waals surface area contributed by atoms with Crippen LogP contribution in [0.5, 0.6) is 0 Å². The Morgan fingerprint density at radius 1 is 0.895 bits per heavy atom. The minimum Gasteiger partial charge on any atom is -0.393 e. The lowest BCUT2D eigenvalue weighted by Crippen LogP contribution is -2.30. The Balaban J connectivity index is 4.71. The van der Waals surface area contributed by atoms with Gasteiger partial charge in [-0.15, -0.1) is 13.2 Å². The molecule has 3 nitrogen and oxygen atoms in total. The molecule has 0 aromatic rings. The lowest BCUT2D eigenvalue weighted by atomic mass is 9.91. The molecule has 0 radical (unpaired) electrons. The number of rotatable bonds is 8. The molecule has 0 aliphatic heterocycles. The summed E-state index contributed by atoms with van der Waals surface area (Å²) in [6.45, 7) is 15.0. The SMILES string of the molecule is C=CC[C@H](C(=O)OC(=O)[C@H](CC=C)C(C)C)C(C)C. The number of esters is 2. The molecule has 3 heteroatoms. The molecule has 0 aromatic carbocycles. The summed E-state index contributed by atoms with van der Waals surface area (Å²) in [4.78, 5) is 24.0. The minimum absolute atomic E-state index is 0.121. The molecule has 0 unspecified atom stereocenters. The van der Waals surface area contributed by atoms with E-state index in [1.807, 2.05) is 27.7 Å². The van der Waals surface area contributed by atoms with E-state index in [1.54, 1.807) is 12.2 Å². The molecule has 0 N–H and O–H groups in total. The molecule has 0 saturated carbocycles. The fraction of sp³-hybridized carbons (Fsp3) is 0.625. The van der Waals surface area contributed by atoms with E-state index in [9.17, 15) is 9.59 Å². The molecule has 0 aromatic heterocycles. The van der Waals surface area contributed by atoms with Gasteiger partial charge in [0.05, 0.1) is 11.8 Å². The number of carbonyl (C=O) groups is 2. The lowest BCUT2D eigenvalue weighted by molar-refractivity contribution is -0.167. The number of ether oxygens (including phenoxy) is 1. The fourth-order valence-electron chi connectivity index (χ4n) is 1.89. The molecule has 0 amide bonds. The van der Waals surface area contributed by atoms with Crippen molar-refractivity contribution < 1.29 is 14.3 Å². The van der Waals surface area contributed by atoms with Gasteiger partial charge in [-0.3, -0.25) is 9.59 Å². The monoisotopic (exact) mass is 266 g/mol. The van der Waals surface area contributed by atoms with Crippen LogP contribution in [0.3, 0.4) is 0 Å². The van der Waals surface area contributed by atoms with Crippen LogP contribution >= 0.6 is 0 Å². The van der Waals surface area contributed by atoms with Crippen molar-refractivity contribution in [3.63, 3.8) is 0 Å². The highest BCUT2D eigenvalue weighted by Crippen LogP contribution is 2.21. The van der Waals surface area contributed by atoms with Gasteiger partial charge in [-0.2, -0.15) is 0 Å². The maximum absolute atomic E-state index is 12.0. The van der Waals surface area contributed by atoms with Gasteiger partial charge in [0.25, 0.3) is 0 Å². The summed E-state index contributed by atoms with van der Waals surface area (Å²) in [6.07, 6.45) is 4.41. The number of hydrogen-bond donors (Lipinski definition) is 0. The molecule has 0 heterocycles. The first-order valence-corrected chi connectivity index (χ1v) is 6.82. The third kappa shape index (κ3) is 5.86. The zero-order valence-corrected chi connectivity index (χ0v) is 12.5. The quantitative estimate of drug-likeness (QED) is 0.382. The summed E-state index contributed by atoms with van der Waals surface area (Å²) in [5.41, 5.74) is 0. The maximum atomic E-state index is 12.0. The average Bonchev–Trinajstić information content (AvgIpc) is 2.31. The van der Waals surface area contributed by atoms with Gasteiger partial charge in [-0.05, 0) is 24.7 Å². The Bertz CT molecular complexity index is 297. The van der Waals surface area contributed by atoms with Crippen LogP contribution in [-0.4, -0.2) is 11.9 Å². The molecular formula is C16H26O3. The Morgan fingerprint density at radius 2 is 1.21 bits per heavy atom. The molecule has 108 valence electrons. The van der Waals surface area contributed by atoms with Crippen LogP contribution in [0.2, 0.25) is 0 Å². The van der Waals surface area contributed by atoms with Crippen molar-refractivity contribution in [3.8, 4) is 0 Å². The molecule has 0 rings (SSSR count). The summed E-state index contributed by atoms with van der Waals surface area (Å²) in [7, 11) is 0. The van der Waals surface area contributed by atoms with Gasteiger partial charge < -0.3 is 4.74 Å². The first kappa shape index (κ1) is 17.6. The van der Waals surface area contributed by atoms with Crippen LogP contribution in [0.25, 0.3) is 0 Å². The van der Waals surface area contributed by atoms with Gasteiger partial charge in [0.2, 0.25) is 0 Å². The van der Waals surface area contributed by atoms with Gasteiger partial charge in [-0.25, -0.2) is 0 Å². The zero-order chi connectivity index (χ0) is 15.0. The van der Waals surface area contributed by atoms with Gasteiger partial charge in [-0.1, -0.05) is 39.8 Å². The Hall–Kier alpha value is -1.38. The van der Waals surface area contributed by atoms with E-state index in [0.717, 1.165) is 0 Å². The molecule has 0 aliphatic rings. The van der Waals surface area contributed by atoms with Crippen LogP contribution < -0.4 is 0 Å². The van der Waals surface area contributed by atoms with Crippen molar-refractivity contribution in [2.45, 2.75) is 40.5 Å². The number of allylic oxidation sites excluding steroid dienone is 2. The van der Waals surface area contributed by atoms with E-state index >= 15 is 0 Å².